The first-order valence-corrected chi connectivity index (χ1v) is 6.42. The fourth-order valence-corrected chi connectivity index (χ4v) is 1.92. The molecule has 1 aromatic rings. The first-order valence-electron chi connectivity index (χ1n) is 6.42. The van der Waals surface area contributed by atoms with E-state index in [1.54, 1.807) is 17.2 Å². The SMILES string of the molecule is CCN(CC)C(=O)CN(C)Cc1cccnc1C#N. The van der Waals surface area contributed by atoms with Crippen LogP contribution < -0.4 is 0 Å². The quantitative estimate of drug-likeness (QED) is 0.772. The fourth-order valence-electron chi connectivity index (χ4n) is 1.92. The van der Waals surface area contributed by atoms with Crippen LogP contribution >= 0.6 is 0 Å². The van der Waals surface area contributed by atoms with Crippen molar-refractivity contribution in [1.82, 2.24) is 14.8 Å². The lowest BCUT2D eigenvalue weighted by Crippen LogP contribution is -2.38. The molecule has 0 N–H and O–H groups in total. The first-order chi connectivity index (χ1) is 9.12. The zero-order chi connectivity index (χ0) is 14.3. The zero-order valence-electron chi connectivity index (χ0n) is 11.8. The molecule has 0 bridgehead atoms. The summed E-state index contributed by atoms with van der Waals surface area (Å²) in [5, 5.41) is 8.97. The van der Waals surface area contributed by atoms with Gasteiger partial charge < -0.3 is 4.90 Å². The van der Waals surface area contributed by atoms with Crippen LogP contribution in [0.25, 0.3) is 0 Å². The molecule has 5 nitrogen and oxygen atoms in total. The lowest BCUT2D eigenvalue weighted by molar-refractivity contribution is -0.131. The molecule has 1 amide bonds. The number of nitriles is 1. The van der Waals surface area contributed by atoms with Crippen molar-refractivity contribution < 1.29 is 4.79 Å². The Bertz CT molecular complexity index is 463. The van der Waals surface area contributed by atoms with Gasteiger partial charge in [-0.2, -0.15) is 5.26 Å². The zero-order valence-corrected chi connectivity index (χ0v) is 11.8. The number of rotatable bonds is 6. The highest BCUT2D eigenvalue weighted by Crippen LogP contribution is 2.07. The molecule has 1 rings (SSSR count). The van der Waals surface area contributed by atoms with Crippen LogP contribution in [0.1, 0.15) is 25.1 Å². The highest BCUT2D eigenvalue weighted by Gasteiger charge is 2.13. The van der Waals surface area contributed by atoms with Gasteiger partial charge in [-0.05, 0) is 27.0 Å². The summed E-state index contributed by atoms with van der Waals surface area (Å²) in [6.45, 7) is 6.27. The third kappa shape index (κ3) is 4.34. The van der Waals surface area contributed by atoms with Gasteiger partial charge in [0.1, 0.15) is 11.8 Å². The molecule has 19 heavy (non-hydrogen) atoms. The molecule has 0 fully saturated rings. The molecule has 0 atom stereocenters. The van der Waals surface area contributed by atoms with Crippen molar-refractivity contribution in [1.29, 1.82) is 5.26 Å². The second-order valence-electron chi connectivity index (χ2n) is 4.36. The summed E-state index contributed by atoms with van der Waals surface area (Å²) in [5.74, 6) is 0.106. The molecule has 1 heterocycles. The molecule has 0 aliphatic heterocycles. The van der Waals surface area contributed by atoms with Crippen molar-refractivity contribution in [3.8, 4) is 6.07 Å². The van der Waals surface area contributed by atoms with Crippen molar-refractivity contribution in [3.63, 3.8) is 0 Å². The topological polar surface area (TPSA) is 60.2 Å². The molecular weight excluding hydrogens is 240 g/mol. The highest BCUT2D eigenvalue weighted by molar-refractivity contribution is 5.78. The van der Waals surface area contributed by atoms with Gasteiger partial charge in [0.25, 0.3) is 0 Å². The largest absolute Gasteiger partial charge is 0.342 e. The maximum Gasteiger partial charge on any atom is 0.236 e. The molecule has 1 aromatic heterocycles. The average Bonchev–Trinajstić information content (AvgIpc) is 2.40. The molecular formula is C14H20N4O. The number of amides is 1. The van der Waals surface area contributed by atoms with E-state index in [9.17, 15) is 4.79 Å². The second-order valence-corrected chi connectivity index (χ2v) is 4.36. The summed E-state index contributed by atoms with van der Waals surface area (Å²) < 4.78 is 0. The number of carbonyl (C=O) groups is 1. The maximum absolute atomic E-state index is 12.0. The molecule has 0 saturated heterocycles. The van der Waals surface area contributed by atoms with Crippen molar-refractivity contribution in [2.45, 2.75) is 20.4 Å². The van der Waals surface area contributed by atoms with E-state index < -0.39 is 0 Å². The molecule has 0 spiro atoms. The maximum atomic E-state index is 12.0. The van der Waals surface area contributed by atoms with E-state index in [4.69, 9.17) is 5.26 Å². The normalized spacial score (nSPS) is 10.3. The first kappa shape index (κ1) is 15.1. The van der Waals surface area contributed by atoms with E-state index >= 15 is 0 Å². The van der Waals surface area contributed by atoms with Crippen LogP contribution in [0.15, 0.2) is 18.3 Å². The lowest BCUT2D eigenvalue weighted by atomic mass is 10.2. The third-order valence-corrected chi connectivity index (χ3v) is 2.96. The molecule has 0 unspecified atom stereocenters. The van der Waals surface area contributed by atoms with Gasteiger partial charge in [-0.1, -0.05) is 6.07 Å². The number of likely N-dealkylation sites (N-methyl/N-ethyl adjacent to an activating group) is 2. The van der Waals surface area contributed by atoms with Gasteiger partial charge >= 0.3 is 0 Å². The van der Waals surface area contributed by atoms with E-state index in [1.807, 2.05) is 31.9 Å². The summed E-state index contributed by atoms with van der Waals surface area (Å²) in [6.07, 6.45) is 1.60. The Morgan fingerprint density at radius 1 is 1.42 bits per heavy atom. The van der Waals surface area contributed by atoms with E-state index in [2.05, 4.69) is 11.1 Å². The second kappa shape index (κ2) is 7.49. The van der Waals surface area contributed by atoms with Gasteiger partial charge in [-0.25, -0.2) is 4.98 Å². The predicted molar refractivity (Wildman–Crippen MR) is 73.2 cm³/mol. The molecule has 0 saturated carbocycles. The summed E-state index contributed by atoms with van der Waals surface area (Å²) in [6, 6.07) is 5.73. The summed E-state index contributed by atoms with van der Waals surface area (Å²) in [5.41, 5.74) is 1.27. The highest BCUT2D eigenvalue weighted by atomic mass is 16.2. The van der Waals surface area contributed by atoms with Crippen LogP contribution in [0.2, 0.25) is 0 Å². The smallest absolute Gasteiger partial charge is 0.236 e. The molecule has 0 aromatic carbocycles. The number of pyridine rings is 1. The minimum atomic E-state index is 0.106. The molecule has 0 aliphatic rings. The van der Waals surface area contributed by atoms with Crippen LogP contribution in [0, 0.1) is 11.3 Å². The minimum Gasteiger partial charge on any atom is -0.342 e. The summed E-state index contributed by atoms with van der Waals surface area (Å²) >= 11 is 0. The van der Waals surface area contributed by atoms with Crippen molar-refractivity contribution in [3.05, 3.63) is 29.6 Å². The van der Waals surface area contributed by atoms with Gasteiger partial charge in [0, 0.05) is 31.4 Å². The van der Waals surface area contributed by atoms with Gasteiger partial charge in [0.05, 0.1) is 6.54 Å². The van der Waals surface area contributed by atoms with Crippen molar-refractivity contribution in [2.75, 3.05) is 26.7 Å². The Kier molecular flexibility index (Phi) is 5.97. The molecule has 0 aliphatic carbocycles. The number of aromatic nitrogens is 1. The number of hydrogen-bond acceptors (Lipinski definition) is 4. The Balaban J connectivity index is 2.63. The standard InChI is InChI=1S/C14H20N4O/c1-4-18(5-2)14(19)11-17(3)10-12-7-6-8-16-13(12)9-15/h6-8H,4-5,10-11H2,1-3H3. The third-order valence-electron chi connectivity index (χ3n) is 2.96. The van der Waals surface area contributed by atoms with Crippen LogP contribution in [-0.2, 0) is 11.3 Å². The van der Waals surface area contributed by atoms with E-state index in [1.165, 1.54) is 0 Å². The van der Waals surface area contributed by atoms with Gasteiger partial charge in [-0.3, -0.25) is 9.69 Å². The van der Waals surface area contributed by atoms with Gasteiger partial charge in [0.2, 0.25) is 5.91 Å². The van der Waals surface area contributed by atoms with E-state index in [0.717, 1.165) is 18.7 Å². The number of nitrogens with zero attached hydrogens (tertiary/aromatic N) is 4. The van der Waals surface area contributed by atoms with Crippen molar-refractivity contribution in [2.24, 2.45) is 0 Å². The van der Waals surface area contributed by atoms with Gasteiger partial charge in [0.15, 0.2) is 0 Å². The Hall–Kier alpha value is -1.93. The van der Waals surface area contributed by atoms with Crippen LogP contribution in [0.5, 0.6) is 0 Å². The van der Waals surface area contributed by atoms with Crippen molar-refractivity contribution >= 4 is 5.91 Å². The average molecular weight is 260 g/mol. The Morgan fingerprint density at radius 2 is 2.11 bits per heavy atom. The fraction of sp³-hybridized carbons (Fsp3) is 0.500. The number of carbonyl (C=O) groups excluding carboxylic acids is 1. The summed E-state index contributed by atoms with van der Waals surface area (Å²) in [4.78, 5) is 19.7. The Labute approximate surface area is 114 Å². The van der Waals surface area contributed by atoms with Crippen LogP contribution in [0.3, 0.4) is 0 Å². The summed E-state index contributed by atoms with van der Waals surface area (Å²) in [7, 11) is 1.87. The van der Waals surface area contributed by atoms with Crippen LogP contribution in [0.4, 0.5) is 0 Å². The van der Waals surface area contributed by atoms with E-state index in [-0.39, 0.29) is 5.91 Å². The molecule has 0 radical (unpaired) electrons. The minimum absolute atomic E-state index is 0.106. The molecule has 102 valence electrons. The monoisotopic (exact) mass is 260 g/mol. The number of hydrogen-bond donors (Lipinski definition) is 0. The van der Waals surface area contributed by atoms with E-state index in [0.29, 0.717) is 18.8 Å². The van der Waals surface area contributed by atoms with Gasteiger partial charge in [-0.15, -0.1) is 0 Å². The Morgan fingerprint density at radius 3 is 2.68 bits per heavy atom. The predicted octanol–water partition coefficient (Wildman–Crippen LogP) is 1.25. The molecule has 5 heteroatoms. The lowest BCUT2D eigenvalue weighted by Gasteiger charge is -2.23. The van der Waals surface area contributed by atoms with Crippen LogP contribution in [-0.4, -0.2) is 47.4 Å².